The molecule has 2 nitrogen and oxygen atoms in total. The van der Waals surface area contributed by atoms with Crippen molar-refractivity contribution < 1.29 is 13.6 Å². The SMILES string of the molecule is CC(=O)c1c(Cl)ccc(C(F)F)c1N. The first-order valence-electron chi connectivity index (χ1n) is 3.82. The first kappa shape index (κ1) is 10.9. The highest BCUT2D eigenvalue weighted by Crippen LogP contribution is 2.32. The number of Topliss-reactive ketones (excluding diaryl/α,β-unsaturated/α-hetero) is 1. The van der Waals surface area contributed by atoms with Gasteiger partial charge >= 0.3 is 0 Å². The number of halogens is 3. The van der Waals surface area contributed by atoms with Crippen molar-refractivity contribution in [1.29, 1.82) is 0 Å². The average Bonchev–Trinajstić information content (AvgIpc) is 2.02. The topological polar surface area (TPSA) is 43.1 Å². The van der Waals surface area contributed by atoms with Gasteiger partial charge in [-0.25, -0.2) is 8.78 Å². The number of hydrogen-bond donors (Lipinski definition) is 1. The van der Waals surface area contributed by atoms with Crippen LogP contribution in [0, 0.1) is 0 Å². The molecule has 0 aliphatic carbocycles. The number of ketones is 1. The molecule has 14 heavy (non-hydrogen) atoms. The van der Waals surface area contributed by atoms with E-state index in [9.17, 15) is 13.6 Å². The maximum absolute atomic E-state index is 12.4. The number of anilines is 1. The number of rotatable bonds is 2. The highest BCUT2D eigenvalue weighted by molar-refractivity contribution is 6.34. The summed E-state index contributed by atoms with van der Waals surface area (Å²) in [5, 5.41) is 0.0967. The van der Waals surface area contributed by atoms with Crippen LogP contribution in [0.2, 0.25) is 5.02 Å². The van der Waals surface area contributed by atoms with Gasteiger partial charge in [-0.1, -0.05) is 11.6 Å². The molecular weight excluding hydrogens is 212 g/mol. The van der Waals surface area contributed by atoms with Gasteiger partial charge in [0.05, 0.1) is 16.3 Å². The average molecular weight is 220 g/mol. The highest BCUT2D eigenvalue weighted by atomic mass is 35.5. The van der Waals surface area contributed by atoms with Gasteiger partial charge in [-0.05, 0) is 19.1 Å². The van der Waals surface area contributed by atoms with Crippen LogP contribution in [-0.2, 0) is 0 Å². The molecule has 0 spiro atoms. The fourth-order valence-corrected chi connectivity index (χ4v) is 1.46. The van der Waals surface area contributed by atoms with E-state index >= 15 is 0 Å². The van der Waals surface area contributed by atoms with Gasteiger partial charge in [0.25, 0.3) is 6.43 Å². The fourth-order valence-electron chi connectivity index (χ4n) is 1.16. The normalized spacial score (nSPS) is 10.6. The van der Waals surface area contributed by atoms with Gasteiger partial charge in [-0.15, -0.1) is 0 Å². The molecule has 0 heterocycles. The van der Waals surface area contributed by atoms with Crippen LogP contribution in [0.15, 0.2) is 12.1 Å². The van der Waals surface area contributed by atoms with Crippen LogP contribution in [0.4, 0.5) is 14.5 Å². The molecule has 1 aromatic rings. The van der Waals surface area contributed by atoms with Crippen LogP contribution in [0.3, 0.4) is 0 Å². The zero-order valence-electron chi connectivity index (χ0n) is 7.35. The minimum Gasteiger partial charge on any atom is -0.398 e. The summed E-state index contributed by atoms with van der Waals surface area (Å²) in [4.78, 5) is 11.1. The van der Waals surface area contributed by atoms with E-state index < -0.39 is 12.2 Å². The number of carbonyl (C=O) groups excluding carboxylic acids is 1. The van der Waals surface area contributed by atoms with Crippen molar-refractivity contribution in [3.8, 4) is 0 Å². The van der Waals surface area contributed by atoms with Crippen LogP contribution in [0.25, 0.3) is 0 Å². The van der Waals surface area contributed by atoms with Crippen LogP contribution < -0.4 is 5.73 Å². The second-order valence-electron chi connectivity index (χ2n) is 2.78. The van der Waals surface area contributed by atoms with Crippen molar-refractivity contribution in [3.63, 3.8) is 0 Å². The lowest BCUT2D eigenvalue weighted by Crippen LogP contribution is -2.04. The van der Waals surface area contributed by atoms with Gasteiger partial charge in [0.2, 0.25) is 0 Å². The second kappa shape index (κ2) is 3.92. The molecule has 0 saturated heterocycles. The molecule has 0 aliphatic heterocycles. The summed E-state index contributed by atoms with van der Waals surface area (Å²) in [6, 6.07) is 2.37. The smallest absolute Gasteiger partial charge is 0.265 e. The number of hydrogen-bond acceptors (Lipinski definition) is 2. The van der Waals surface area contributed by atoms with Gasteiger partial charge in [-0.3, -0.25) is 4.79 Å². The molecule has 1 rings (SSSR count). The molecule has 0 aromatic heterocycles. The fraction of sp³-hybridized carbons (Fsp3) is 0.222. The summed E-state index contributed by atoms with van der Waals surface area (Å²) in [5.74, 6) is -0.421. The molecule has 0 bridgehead atoms. The van der Waals surface area contributed by atoms with E-state index in [1.54, 1.807) is 0 Å². The van der Waals surface area contributed by atoms with Crippen molar-refractivity contribution in [2.45, 2.75) is 13.3 Å². The van der Waals surface area contributed by atoms with E-state index in [-0.39, 0.29) is 21.8 Å². The summed E-state index contributed by atoms with van der Waals surface area (Å²) in [6.07, 6.45) is -2.70. The molecule has 0 unspecified atom stereocenters. The zero-order valence-corrected chi connectivity index (χ0v) is 8.11. The Morgan fingerprint density at radius 3 is 2.50 bits per heavy atom. The molecule has 5 heteroatoms. The number of nitrogen functional groups attached to an aromatic ring is 1. The Hall–Kier alpha value is -1.16. The predicted molar refractivity (Wildman–Crippen MR) is 50.8 cm³/mol. The van der Waals surface area contributed by atoms with Crippen LogP contribution in [0.5, 0.6) is 0 Å². The molecule has 0 radical (unpaired) electrons. The molecule has 0 saturated carbocycles. The Bertz CT molecular complexity index is 379. The summed E-state index contributed by atoms with van der Waals surface area (Å²) in [7, 11) is 0. The van der Waals surface area contributed by atoms with Crippen molar-refractivity contribution in [1.82, 2.24) is 0 Å². The van der Waals surface area contributed by atoms with Crippen molar-refractivity contribution in [2.24, 2.45) is 0 Å². The van der Waals surface area contributed by atoms with Crippen molar-refractivity contribution in [2.75, 3.05) is 5.73 Å². The summed E-state index contributed by atoms with van der Waals surface area (Å²) >= 11 is 5.66. The third-order valence-electron chi connectivity index (χ3n) is 1.82. The van der Waals surface area contributed by atoms with E-state index in [1.807, 2.05) is 0 Å². The number of carbonyl (C=O) groups is 1. The number of benzene rings is 1. The van der Waals surface area contributed by atoms with Gasteiger partial charge in [-0.2, -0.15) is 0 Å². The molecule has 76 valence electrons. The van der Waals surface area contributed by atoms with E-state index in [0.717, 1.165) is 6.07 Å². The van der Waals surface area contributed by atoms with Gasteiger partial charge in [0.1, 0.15) is 0 Å². The maximum atomic E-state index is 12.4. The van der Waals surface area contributed by atoms with E-state index in [1.165, 1.54) is 13.0 Å². The van der Waals surface area contributed by atoms with E-state index in [2.05, 4.69) is 0 Å². The van der Waals surface area contributed by atoms with Gasteiger partial charge in [0, 0.05) is 5.56 Å². The lowest BCUT2D eigenvalue weighted by Gasteiger charge is -2.09. The Morgan fingerprint density at radius 1 is 1.50 bits per heavy atom. The Labute approximate surface area is 84.7 Å². The Balaban J connectivity index is 3.41. The minimum atomic E-state index is -2.70. The largest absolute Gasteiger partial charge is 0.398 e. The first-order valence-corrected chi connectivity index (χ1v) is 4.20. The molecular formula is C9H8ClF2NO. The van der Waals surface area contributed by atoms with E-state index in [4.69, 9.17) is 17.3 Å². The molecule has 0 aliphatic rings. The van der Waals surface area contributed by atoms with Gasteiger partial charge in [0.15, 0.2) is 5.78 Å². The van der Waals surface area contributed by atoms with E-state index in [0.29, 0.717) is 0 Å². The summed E-state index contributed by atoms with van der Waals surface area (Å²) in [5.41, 5.74) is 4.77. The lowest BCUT2D eigenvalue weighted by atomic mass is 10.0. The third-order valence-corrected chi connectivity index (χ3v) is 2.13. The van der Waals surface area contributed by atoms with Gasteiger partial charge < -0.3 is 5.73 Å². The predicted octanol–water partition coefficient (Wildman–Crippen LogP) is 3.06. The van der Waals surface area contributed by atoms with Crippen LogP contribution in [0.1, 0.15) is 29.3 Å². The van der Waals surface area contributed by atoms with Crippen molar-refractivity contribution in [3.05, 3.63) is 28.3 Å². The monoisotopic (exact) mass is 219 g/mol. The Morgan fingerprint density at radius 2 is 2.07 bits per heavy atom. The highest BCUT2D eigenvalue weighted by Gasteiger charge is 2.18. The standard InChI is InChI=1S/C9H8ClF2NO/c1-4(14)7-6(10)3-2-5(8(7)13)9(11)12/h2-3,9H,13H2,1H3. The quantitative estimate of drug-likeness (QED) is 0.614. The van der Waals surface area contributed by atoms with Crippen LogP contribution in [-0.4, -0.2) is 5.78 Å². The number of alkyl halides is 2. The number of nitrogens with two attached hydrogens (primary N) is 1. The zero-order chi connectivity index (χ0) is 10.9. The maximum Gasteiger partial charge on any atom is 0.265 e. The lowest BCUT2D eigenvalue weighted by molar-refractivity contribution is 0.101. The molecule has 0 atom stereocenters. The van der Waals surface area contributed by atoms with Crippen molar-refractivity contribution >= 4 is 23.1 Å². The summed E-state index contributed by atoms with van der Waals surface area (Å²) in [6.45, 7) is 1.23. The molecule has 2 N–H and O–H groups in total. The van der Waals surface area contributed by atoms with Crippen LogP contribution >= 0.6 is 11.6 Å². The molecule has 0 amide bonds. The molecule has 1 aromatic carbocycles. The first-order chi connectivity index (χ1) is 6.45. The molecule has 0 fully saturated rings. The Kier molecular flexibility index (Phi) is 3.06. The summed E-state index contributed by atoms with van der Waals surface area (Å²) < 4.78 is 24.7. The minimum absolute atomic E-state index is 0.0375. The second-order valence-corrected chi connectivity index (χ2v) is 3.19. The third kappa shape index (κ3) is 1.85.